The van der Waals surface area contributed by atoms with Crippen LogP contribution in [0.2, 0.25) is 0 Å². The predicted molar refractivity (Wildman–Crippen MR) is 85.2 cm³/mol. The highest BCUT2D eigenvalue weighted by molar-refractivity contribution is 5.67. The van der Waals surface area contributed by atoms with E-state index in [0.717, 1.165) is 11.8 Å². The molecule has 1 amide bonds. The van der Waals surface area contributed by atoms with Crippen LogP contribution in [0.1, 0.15) is 60.3 Å². The minimum atomic E-state index is -0.435. The fourth-order valence-corrected chi connectivity index (χ4v) is 3.72. The summed E-state index contributed by atoms with van der Waals surface area (Å²) in [7, 11) is 0. The number of carbonyl (C=O) groups is 1. The molecule has 0 saturated heterocycles. The van der Waals surface area contributed by atoms with Crippen molar-refractivity contribution in [3.05, 3.63) is 0 Å². The van der Waals surface area contributed by atoms with Gasteiger partial charge in [-0.1, -0.05) is 20.3 Å². The Balaban J connectivity index is 1.78. The molecule has 2 bridgehead atoms. The van der Waals surface area contributed by atoms with Crippen LogP contribution in [0.15, 0.2) is 0 Å². The maximum atomic E-state index is 11.8. The quantitative estimate of drug-likeness (QED) is 0.818. The van der Waals surface area contributed by atoms with Gasteiger partial charge in [-0.15, -0.1) is 0 Å². The highest BCUT2D eigenvalue weighted by atomic mass is 16.6. The topological polar surface area (TPSA) is 50.4 Å². The first-order chi connectivity index (χ1) is 9.74. The van der Waals surface area contributed by atoms with Crippen LogP contribution >= 0.6 is 0 Å². The van der Waals surface area contributed by atoms with Gasteiger partial charge in [0.2, 0.25) is 0 Å². The van der Waals surface area contributed by atoms with E-state index < -0.39 is 5.60 Å². The second-order valence-corrected chi connectivity index (χ2v) is 8.18. The molecule has 2 rings (SSSR count). The van der Waals surface area contributed by atoms with Gasteiger partial charge in [0.1, 0.15) is 5.60 Å². The Morgan fingerprint density at radius 2 is 1.95 bits per heavy atom. The molecule has 0 spiro atoms. The maximum Gasteiger partial charge on any atom is 0.407 e. The Kier molecular flexibility index (Phi) is 5.18. The highest BCUT2D eigenvalue weighted by Crippen LogP contribution is 2.44. The summed E-state index contributed by atoms with van der Waals surface area (Å²) in [5, 5.41) is 6.71. The van der Waals surface area contributed by atoms with Gasteiger partial charge < -0.3 is 15.4 Å². The lowest BCUT2D eigenvalue weighted by atomic mass is 9.93. The van der Waals surface area contributed by atoms with E-state index in [2.05, 4.69) is 24.5 Å². The average Bonchev–Trinajstić information content (AvgIpc) is 2.93. The zero-order chi connectivity index (χ0) is 15.6. The Morgan fingerprint density at radius 3 is 2.43 bits per heavy atom. The smallest absolute Gasteiger partial charge is 0.407 e. The second-order valence-electron chi connectivity index (χ2n) is 8.18. The molecule has 2 saturated carbocycles. The van der Waals surface area contributed by atoms with E-state index in [1.54, 1.807) is 0 Å². The molecular weight excluding hydrogens is 264 g/mol. The van der Waals surface area contributed by atoms with Crippen molar-refractivity contribution < 1.29 is 9.53 Å². The third-order valence-corrected chi connectivity index (χ3v) is 4.84. The van der Waals surface area contributed by atoms with Gasteiger partial charge in [0.15, 0.2) is 0 Å². The lowest BCUT2D eigenvalue weighted by molar-refractivity contribution is 0.0517. The molecule has 4 nitrogen and oxygen atoms in total. The van der Waals surface area contributed by atoms with Crippen LogP contribution in [0.4, 0.5) is 4.79 Å². The van der Waals surface area contributed by atoms with Crippen LogP contribution in [-0.2, 0) is 4.74 Å². The molecule has 2 aliphatic carbocycles. The van der Waals surface area contributed by atoms with Crippen molar-refractivity contribution in [3.8, 4) is 0 Å². The van der Waals surface area contributed by atoms with E-state index in [9.17, 15) is 4.79 Å². The number of rotatable bonds is 5. The van der Waals surface area contributed by atoms with Crippen LogP contribution in [0.5, 0.6) is 0 Å². The van der Waals surface area contributed by atoms with Crippen LogP contribution in [0, 0.1) is 17.8 Å². The number of carbonyl (C=O) groups excluding carboxylic acids is 1. The average molecular weight is 296 g/mol. The molecular formula is C17H32N2O2. The van der Waals surface area contributed by atoms with E-state index in [1.165, 1.54) is 25.7 Å². The largest absolute Gasteiger partial charge is 0.444 e. The molecule has 0 aromatic carbocycles. The van der Waals surface area contributed by atoms with Crippen molar-refractivity contribution >= 4 is 6.09 Å². The fraction of sp³-hybridized carbons (Fsp3) is 0.941. The van der Waals surface area contributed by atoms with Gasteiger partial charge in [-0.05, 0) is 57.8 Å². The monoisotopic (exact) mass is 296 g/mol. The van der Waals surface area contributed by atoms with Crippen molar-refractivity contribution in [2.45, 2.75) is 78.0 Å². The summed E-state index contributed by atoms with van der Waals surface area (Å²) in [6.45, 7) is 10.7. The molecule has 4 atom stereocenters. The van der Waals surface area contributed by atoms with Gasteiger partial charge in [-0.3, -0.25) is 0 Å². The Hall–Kier alpha value is -0.770. The van der Waals surface area contributed by atoms with E-state index in [4.69, 9.17) is 4.74 Å². The number of hydrogen-bond acceptors (Lipinski definition) is 3. The zero-order valence-electron chi connectivity index (χ0n) is 14.2. The van der Waals surface area contributed by atoms with Crippen LogP contribution < -0.4 is 10.6 Å². The Labute approximate surface area is 129 Å². The van der Waals surface area contributed by atoms with Gasteiger partial charge in [-0.2, -0.15) is 0 Å². The van der Waals surface area contributed by atoms with Gasteiger partial charge in [0.05, 0.1) is 0 Å². The molecule has 4 heteroatoms. The predicted octanol–water partition coefficient (Wildman–Crippen LogP) is 3.31. The summed E-state index contributed by atoms with van der Waals surface area (Å²) in [6.07, 6.45) is 5.21. The van der Waals surface area contributed by atoms with Crippen molar-refractivity contribution in [2.75, 3.05) is 6.54 Å². The molecule has 4 unspecified atom stereocenters. The van der Waals surface area contributed by atoms with Crippen LogP contribution in [0.25, 0.3) is 0 Å². The minimum Gasteiger partial charge on any atom is -0.444 e. The number of hydrogen-bond donors (Lipinski definition) is 2. The van der Waals surface area contributed by atoms with Crippen molar-refractivity contribution in [2.24, 2.45) is 17.8 Å². The summed E-state index contributed by atoms with van der Waals surface area (Å²) >= 11 is 0. The standard InChI is InChI=1S/C17H32N2O2/c1-11(2)15(10-18-16(20)21-17(3,4)5)19-14-9-12-6-7-13(14)8-12/h11-15,19H,6-10H2,1-5H3,(H,18,20). The Morgan fingerprint density at radius 1 is 1.24 bits per heavy atom. The lowest BCUT2D eigenvalue weighted by Crippen LogP contribution is -2.50. The third-order valence-electron chi connectivity index (χ3n) is 4.84. The zero-order valence-corrected chi connectivity index (χ0v) is 14.2. The molecule has 2 aliphatic rings. The number of nitrogens with one attached hydrogen (secondary N) is 2. The maximum absolute atomic E-state index is 11.8. The van der Waals surface area contributed by atoms with Gasteiger partial charge in [0, 0.05) is 18.6 Å². The fourth-order valence-electron chi connectivity index (χ4n) is 3.72. The molecule has 0 aromatic heterocycles. The van der Waals surface area contributed by atoms with Crippen LogP contribution in [0.3, 0.4) is 0 Å². The highest BCUT2D eigenvalue weighted by Gasteiger charge is 2.40. The van der Waals surface area contributed by atoms with E-state index in [0.29, 0.717) is 24.5 Å². The third kappa shape index (κ3) is 4.87. The van der Waals surface area contributed by atoms with E-state index in [1.807, 2.05) is 20.8 Å². The van der Waals surface area contributed by atoms with E-state index >= 15 is 0 Å². The molecule has 2 N–H and O–H groups in total. The number of fused-ring (bicyclic) bond motifs is 2. The Bertz CT molecular complexity index is 362. The minimum absolute atomic E-state index is 0.317. The summed E-state index contributed by atoms with van der Waals surface area (Å²) in [4.78, 5) is 11.8. The first kappa shape index (κ1) is 16.6. The number of ether oxygens (including phenoxy) is 1. The molecule has 0 radical (unpaired) electrons. The molecule has 0 aliphatic heterocycles. The summed E-state index contributed by atoms with van der Waals surface area (Å²) in [5.74, 6) is 2.30. The van der Waals surface area contributed by atoms with Crippen molar-refractivity contribution in [1.29, 1.82) is 0 Å². The SMILES string of the molecule is CC(C)C(CNC(=O)OC(C)(C)C)NC1CC2CCC1C2. The molecule has 0 heterocycles. The first-order valence-corrected chi connectivity index (χ1v) is 8.47. The number of amides is 1. The molecule has 122 valence electrons. The number of alkyl carbamates (subject to hydrolysis) is 1. The van der Waals surface area contributed by atoms with Gasteiger partial charge in [0.25, 0.3) is 0 Å². The van der Waals surface area contributed by atoms with Gasteiger partial charge in [-0.25, -0.2) is 4.79 Å². The summed E-state index contributed by atoms with van der Waals surface area (Å²) in [5.41, 5.74) is -0.435. The van der Waals surface area contributed by atoms with Crippen molar-refractivity contribution in [1.82, 2.24) is 10.6 Å². The normalized spacial score (nSPS) is 29.7. The lowest BCUT2D eigenvalue weighted by Gasteiger charge is -2.31. The van der Waals surface area contributed by atoms with Gasteiger partial charge >= 0.3 is 6.09 Å². The second kappa shape index (κ2) is 6.55. The summed E-state index contributed by atoms with van der Waals surface area (Å²) in [6, 6.07) is 0.971. The molecule has 2 fully saturated rings. The molecule has 21 heavy (non-hydrogen) atoms. The summed E-state index contributed by atoms with van der Waals surface area (Å²) < 4.78 is 5.31. The first-order valence-electron chi connectivity index (χ1n) is 8.47. The molecule has 0 aromatic rings. The van der Waals surface area contributed by atoms with Crippen molar-refractivity contribution in [3.63, 3.8) is 0 Å². The van der Waals surface area contributed by atoms with Crippen LogP contribution in [-0.4, -0.2) is 30.3 Å². The van der Waals surface area contributed by atoms with E-state index in [-0.39, 0.29) is 6.09 Å².